The number of aromatic nitrogens is 1. The molecule has 9 heteroatoms. The van der Waals surface area contributed by atoms with Crippen LogP contribution >= 0.6 is 0 Å². The molecular weight excluding hydrogens is 486 g/mol. The first-order valence-electron chi connectivity index (χ1n) is 12.1. The van der Waals surface area contributed by atoms with Gasteiger partial charge in [0.05, 0.1) is 31.0 Å². The van der Waals surface area contributed by atoms with Gasteiger partial charge in [-0.3, -0.25) is 9.69 Å². The second-order valence-corrected chi connectivity index (χ2v) is 9.17. The molecule has 0 saturated carbocycles. The molecule has 2 aliphatic heterocycles. The summed E-state index contributed by atoms with van der Waals surface area (Å²) >= 11 is 0. The summed E-state index contributed by atoms with van der Waals surface area (Å²) in [5.41, 5.74) is 4.06. The zero-order chi connectivity index (χ0) is 26.6. The highest BCUT2D eigenvalue weighted by Gasteiger charge is 2.53. The number of aromatic amines is 1. The van der Waals surface area contributed by atoms with Crippen LogP contribution in [-0.2, 0) is 20.7 Å². The average Bonchev–Trinajstić information content (AvgIpc) is 3.45. The van der Waals surface area contributed by atoms with Crippen LogP contribution in [-0.4, -0.2) is 54.0 Å². The number of hydrogen-bond donors (Lipinski definition) is 1. The van der Waals surface area contributed by atoms with Crippen molar-refractivity contribution in [3.8, 4) is 0 Å². The number of nitrogens with zero attached hydrogens (tertiary/aromatic N) is 2. The van der Waals surface area contributed by atoms with Crippen molar-refractivity contribution in [1.29, 1.82) is 0 Å². The summed E-state index contributed by atoms with van der Waals surface area (Å²) in [5, 5.41) is 0.979. The predicted octanol–water partition coefficient (Wildman–Crippen LogP) is 4.22. The van der Waals surface area contributed by atoms with E-state index in [4.69, 9.17) is 9.47 Å². The highest BCUT2D eigenvalue weighted by molar-refractivity contribution is 6.23. The fraction of sp³-hybridized carbons (Fsp3) is 0.172. The van der Waals surface area contributed by atoms with Gasteiger partial charge in [0, 0.05) is 23.0 Å². The number of anilines is 1. The monoisotopic (exact) mass is 509 g/mol. The lowest BCUT2D eigenvalue weighted by Gasteiger charge is -2.36. The third-order valence-corrected chi connectivity index (χ3v) is 7.25. The Morgan fingerprint density at radius 2 is 1.55 bits per heavy atom. The number of ether oxygens (including phenoxy) is 2. The number of amides is 3. The molecule has 3 heterocycles. The SMILES string of the molecule is COC(=O)c1ccc([C@H]2c3[nH]c4ccccc4c3C[C@@H]3C(=O)N(c4ccccc4C(=O)OC)C(=O)N23)cc1. The molecule has 0 unspecified atom stereocenters. The second-order valence-electron chi connectivity index (χ2n) is 9.17. The first kappa shape index (κ1) is 23.5. The van der Waals surface area contributed by atoms with Gasteiger partial charge in [0.1, 0.15) is 12.1 Å². The third-order valence-electron chi connectivity index (χ3n) is 7.25. The summed E-state index contributed by atoms with van der Waals surface area (Å²) in [6.07, 6.45) is 0.317. The molecule has 3 amide bonds. The number of carbonyl (C=O) groups is 4. The van der Waals surface area contributed by atoms with Crippen LogP contribution in [0.5, 0.6) is 0 Å². The largest absolute Gasteiger partial charge is 0.465 e. The van der Waals surface area contributed by atoms with Crippen molar-refractivity contribution in [2.24, 2.45) is 0 Å². The van der Waals surface area contributed by atoms with Crippen LogP contribution in [0.2, 0.25) is 0 Å². The Bertz CT molecular complexity index is 1620. The van der Waals surface area contributed by atoms with E-state index in [1.807, 2.05) is 24.3 Å². The molecular formula is C29H23N3O6. The maximum Gasteiger partial charge on any atom is 0.339 e. The van der Waals surface area contributed by atoms with Gasteiger partial charge in [-0.1, -0.05) is 42.5 Å². The summed E-state index contributed by atoms with van der Waals surface area (Å²) in [6.45, 7) is 0. The zero-order valence-electron chi connectivity index (χ0n) is 20.6. The Morgan fingerprint density at radius 1 is 0.868 bits per heavy atom. The van der Waals surface area contributed by atoms with Crippen LogP contribution in [0.15, 0.2) is 72.8 Å². The van der Waals surface area contributed by atoms with Crippen molar-refractivity contribution in [3.05, 3.63) is 101 Å². The number of carbonyl (C=O) groups excluding carboxylic acids is 4. The smallest absolute Gasteiger partial charge is 0.339 e. The van der Waals surface area contributed by atoms with Gasteiger partial charge in [0.15, 0.2) is 0 Å². The van der Waals surface area contributed by atoms with Crippen LogP contribution in [0.25, 0.3) is 10.9 Å². The molecule has 1 fully saturated rings. The molecule has 3 aromatic carbocycles. The molecule has 38 heavy (non-hydrogen) atoms. The molecule has 0 spiro atoms. The summed E-state index contributed by atoms with van der Waals surface area (Å²) in [7, 11) is 2.57. The van der Waals surface area contributed by atoms with E-state index in [0.717, 1.165) is 32.6 Å². The van der Waals surface area contributed by atoms with Gasteiger partial charge in [-0.2, -0.15) is 0 Å². The van der Waals surface area contributed by atoms with Crippen molar-refractivity contribution in [2.45, 2.75) is 18.5 Å². The lowest BCUT2D eigenvalue weighted by Crippen LogP contribution is -2.44. The van der Waals surface area contributed by atoms with Crippen molar-refractivity contribution in [2.75, 3.05) is 19.1 Å². The van der Waals surface area contributed by atoms with E-state index in [9.17, 15) is 19.2 Å². The van der Waals surface area contributed by atoms with E-state index in [2.05, 4.69) is 4.98 Å². The van der Waals surface area contributed by atoms with Gasteiger partial charge in [0.25, 0.3) is 5.91 Å². The van der Waals surface area contributed by atoms with Crippen LogP contribution < -0.4 is 4.90 Å². The van der Waals surface area contributed by atoms with Crippen molar-refractivity contribution in [3.63, 3.8) is 0 Å². The number of esters is 2. The van der Waals surface area contributed by atoms with E-state index in [1.165, 1.54) is 20.3 Å². The molecule has 0 bridgehead atoms. The second kappa shape index (κ2) is 8.88. The topological polar surface area (TPSA) is 109 Å². The van der Waals surface area contributed by atoms with Gasteiger partial charge in [-0.25, -0.2) is 19.3 Å². The Hall–Kier alpha value is -4.92. The molecule has 0 aliphatic carbocycles. The minimum atomic E-state index is -0.787. The first-order valence-corrected chi connectivity index (χ1v) is 12.1. The first-order chi connectivity index (χ1) is 18.4. The Labute approximate surface area is 217 Å². The standard InChI is InChI=1S/C29H23N3O6/c1-37-27(34)17-13-11-16(12-14-17)25-24-20(18-7-3-5-9-21(18)30-24)15-23-26(33)32(29(36)31(23)25)22-10-6-4-8-19(22)28(35)38-2/h3-14,23,25,30H,15H2,1-2H3/t23-,25+/m1/s1. The summed E-state index contributed by atoms with van der Waals surface area (Å²) in [5.74, 6) is -1.53. The number of methoxy groups -OCH3 is 2. The van der Waals surface area contributed by atoms with Crippen molar-refractivity contribution in [1.82, 2.24) is 9.88 Å². The number of para-hydroxylation sites is 2. The van der Waals surface area contributed by atoms with Crippen molar-refractivity contribution < 1.29 is 28.7 Å². The number of hydrogen-bond acceptors (Lipinski definition) is 6. The van der Waals surface area contributed by atoms with Gasteiger partial charge < -0.3 is 14.5 Å². The molecule has 190 valence electrons. The van der Waals surface area contributed by atoms with E-state index in [1.54, 1.807) is 47.4 Å². The van der Waals surface area contributed by atoms with Crippen LogP contribution in [0.3, 0.4) is 0 Å². The molecule has 1 aromatic heterocycles. The molecule has 6 rings (SSSR count). The molecule has 4 aromatic rings. The highest BCUT2D eigenvalue weighted by Crippen LogP contribution is 2.45. The normalized spacial score (nSPS) is 18.4. The number of H-pyrrole nitrogens is 1. The average molecular weight is 510 g/mol. The number of nitrogens with one attached hydrogen (secondary N) is 1. The Morgan fingerprint density at radius 3 is 2.29 bits per heavy atom. The third kappa shape index (κ3) is 3.39. The predicted molar refractivity (Wildman–Crippen MR) is 138 cm³/mol. The zero-order valence-corrected chi connectivity index (χ0v) is 20.6. The maximum absolute atomic E-state index is 14.0. The van der Waals surface area contributed by atoms with Gasteiger partial charge in [-0.05, 0) is 41.5 Å². The van der Waals surface area contributed by atoms with Gasteiger partial charge >= 0.3 is 18.0 Å². The quantitative estimate of drug-likeness (QED) is 0.326. The lowest BCUT2D eigenvalue weighted by atomic mass is 9.88. The van der Waals surface area contributed by atoms with E-state index < -0.39 is 36.0 Å². The summed E-state index contributed by atoms with van der Waals surface area (Å²) in [4.78, 5) is 58.5. The number of imide groups is 1. The molecule has 1 N–H and O–H groups in total. The highest BCUT2D eigenvalue weighted by atomic mass is 16.5. The number of fused-ring (bicyclic) bond motifs is 4. The summed E-state index contributed by atoms with van der Waals surface area (Å²) < 4.78 is 9.72. The Balaban J connectivity index is 1.51. The fourth-order valence-corrected chi connectivity index (χ4v) is 5.51. The molecule has 2 atom stereocenters. The van der Waals surface area contributed by atoms with Gasteiger partial charge in [-0.15, -0.1) is 0 Å². The van der Waals surface area contributed by atoms with E-state index in [0.29, 0.717) is 12.0 Å². The number of urea groups is 1. The fourth-order valence-electron chi connectivity index (χ4n) is 5.51. The van der Waals surface area contributed by atoms with E-state index in [-0.39, 0.29) is 11.3 Å². The number of rotatable bonds is 4. The molecule has 9 nitrogen and oxygen atoms in total. The Kier molecular flexibility index (Phi) is 5.48. The minimum Gasteiger partial charge on any atom is -0.465 e. The van der Waals surface area contributed by atoms with Crippen LogP contribution in [0, 0.1) is 0 Å². The molecule has 2 aliphatic rings. The minimum absolute atomic E-state index is 0.125. The molecule has 1 saturated heterocycles. The lowest BCUT2D eigenvalue weighted by molar-refractivity contribution is -0.120. The van der Waals surface area contributed by atoms with Crippen LogP contribution in [0.4, 0.5) is 10.5 Å². The van der Waals surface area contributed by atoms with Gasteiger partial charge in [0.2, 0.25) is 0 Å². The van der Waals surface area contributed by atoms with Crippen molar-refractivity contribution >= 4 is 40.5 Å². The summed E-state index contributed by atoms with van der Waals surface area (Å²) in [6, 6.07) is 19.1. The maximum atomic E-state index is 14.0. The molecule has 0 radical (unpaired) electrons. The van der Waals surface area contributed by atoms with E-state index >= 15 is 0 Å². The van der Waals surface area contributed by atoms with Crippen LogP contribution in [0.1, 0.15) is 43.6 Å². The number of benzene rings is 3.